The lowest BCUT2D eigenvalue weighted by Gasteiger charge is -2.40. The van der Waals surface area contributed by atoms with Gasteiger partial charge in [0.1, 0.15) is 17.9 Å². The molecule has 41 heavy (non-hydrogen) atoms. The molecule has 4 aliphatic rings. The van der Waals surface area contributed by atoms with Crippen molar-refractivity contribution in [2.24, 2.45) is 28.6 Å². The van der Waals surface area contributed by atoms with Crippen LogP contribution in [-0.2, 0) is 24.3 Å². The summed E-state index contributed by atoms with van der Waals surface area (Å²) >= 11 is 0. The molecular weight excluding hydrogens is 548 g/mol. The SMILES string of the molecule is C=C[C@@H]1CC1(CC(=O)NS(=O)(=O)C1CC1)NC(O)[C@@H]1C2[C@H](CN1C(=O)[C@@H](NC(=O)OC(C)(C)C)C(C)(C)C)C2(C)C. The first-order valence-electron chi connectivity index (χ1n) is 14.6. The molecule has 232 valence electrons. The number of nitrogens with zero attached hydrogens (tertiary/aromatic N) is 1. The predicted octanol–water partition coefficient (Wildman–Crippen LogP) is 2.26. The Morgan fingerprint density at radius 2 is 1.76 bits per heavy atom. The van der Waals surface area contributed by atoms with Crippen molar-refractivity contribution >= 4 is 27.9 Å². The molecular formula is C29H48N4O7S. The van der Waals surface area contributed by atoms with Crippen molar-refractivity contribution in [1.29, 1.82) is 0 Å². The largest absolute Gasteiger partial charge is 0.444 e. The minimum absolute atomic E-state index is 0.0122. The first kappa shape index (κ1) is 31.7. The molecule has 3 amide bonds. The maximum absolute atomic E-state index is 14.1. The molecule has 0 spiro atoms. The summed E-state index contributed by atoms with van der Waals surface area (Å²) in [5.41, 5.74) is -2.34. The number of carbonyl (C=O) groups is 3. The number of nitrogens with one attached hydrogen (secondary N) is 3. The Labute approximate surface area is 244 Å². The van der Waals surface area contributed by atoms with Crippen LogP contribution in [0.25, 0.3) is 0 Å². The summed E-state index contributed by atoms with van der Waals surface area (Å²) in [7, 11) is -3.70. The molecule has 0 aromatic carbocycles. The highest BCUT2D eigenvalue weighted by molar-refractivity contribution is 7.90. The predicted molar refractivity (Wildman–Crippen MR) is 154 cm³/mol. The van der Waals surface area contributed by atoms with Crippen molar-refractivity contribution < 1.29 is 32.6 Å². The topological polar surface area (TPSA) is 154 Å². The Morgan fingerprint density at radius 1 is 1.15 bits per heavy atom. The highest BCUT2D eigenvalue weighted by Gasteiger charge is 2.70. The van der Waals surface area contributed by atoms with Crippen molar-refractivity contribution in [2.45, 2.75) is 116 Å². The van der Waals surface area contributed by atoms with Crippen molar-refractivity contribution in [2.75, 3.05) is 6.54 Å². The number of fused-ring (bicyclic) bond motifs is 1. The fraction of sp³-hybridized carbons (Fsp3) is 0.828. The van der Waals surface area contributed by atoms with Crippen molar-refractivity contribution in [3.8, 4) is 0 Å². The van der Waals surface area contributed by atoms with Crippen molar-refractivity contribution in [1.82, 2.24) is 20.3 Å². The van der Waals surface area contributed by atoms with Crippen LogP contribution in [0.3, 0.4) is 0 Å². The average Bonchev–Trinajstić information content (AvgIpc) is 3.73. The summed E-state index contributed by atoms with van der Waals surface area (Å²) in [5, 5.41) is 17.1. The molecule has 3 aliphatic carbocycles. The molecule has 3 unspecified atom stereocenters. The lowest BCUT2D eigenvalue weighted by molar-refractivity contribution is -0.142. The van der Waals surface area contributed by atoms with Gasteiger partial charge in [-0.2, -0.15) is 0 Å². The Kier molecular flexibility index (Phi) is 7.92. The Morgan fingerprint density at radius 3 is 2.24 bits per heavy atom. The van der Waals surface area contributed by atoms with Crippen LogP contribution in [0.5, 0.6) is 0 Å². The molecule has 1 heterocycles. The molecule has 3 saturated carbocycles. The summed E-state index contributed by atoms with van der Waals surface area (Å²) in [4.78, 5) is 41.2. The van der Waals surface area contributed by atoms with E-state index in [1.807, 2.05) is 20.8 Å². The molecule has 0 aromatic heterocycles. The van der Waals surface area contributed by atoms with Crippen LogP contribution in [0, 0.1) is 28.6 Å². The van der Waals surface area contributed by atoms with Gasteiger partial charge in [0.05, 0.1) is 11.3 Å². The Bertz CT molecular complexity index is 1200. The fourth-order valence-electron chi connectivity index (χ4n) is 6.57. The highest BCUT2D eigenvalue weighted by atomic mass is 32.2. The van der Waals surface area contributed by atoms with Gasteiger partial charge < -0.3 is 20.1 Å². The quantitative estimate of drug-likeness (QED) is 0.221. The highest BCUT2D eigenvalue weighted by Crippen LogP contribution is 2.65. The second-order valence-corrected chi connectivity index (χ2v) is 17.1. The van der Waals surface area contributed by atoms with Gasteiger partial charge in [-0.1, -0.05) is 40.7 Å². The summed E-state index contributed by atoms with van der Waals surface area (Å²) in [6.07, 6.45) is 1.27. The smallest absolute Gasteiger partial charge is 0.408 e. The number of sulfonamides is 1. The maximum atomic E-state index is 14.1. The van der Waals surface area contributed by atoms with Gasteiger partial charge in [0.2, 0.25) is 21.8 Å². The number of alkyl carbamates (subject to hydrolysis) is 1. The molecule has 0 bridgehead atoms. The minimum atomic E-state index is -3.70. The lowest BCUT2D eigenvalue weighted by Crippen LogP contribution is -2.62. The minimum Gasteiger partial charge on any atom is -0.444 e. The van der Waals surface area contributed by atoms with Gasteiger partial charge in [-0.25, -0.2) is 13.2 Å². The standard InChI is InChI=1S/C29H48N4O7S/c1-10-16-13-29(16,14-19(34)32-41(38,39)17-11-12-17)31-23(35)21-20-18(28(20,8)9)15-33(21)24(36)22(26(2,3)4)30-25(37)40-27(5,6)7/h10,16-18,20-23,31,35H,1,11-15H2,2-9H3,(H,30,37)(H,32,34)/t16-,18+,20?,21+,22-,23?,29?/m1/s1. The summed E-state index contributed by atoms with van der Waals surface area (Å²) in [6, 6.07) is -1.50. The van der Waals surface area contributed by atoms with E-state index in [2.05, 4.69) is 35.8 Å². The number of hydrogen-bond acceptors (Lipinski definition) is 8. The number of aliphatic hydroxyl groups is 1. The zero-order chi connectivity index (χ0) is 30.9. The molecule has 4 N–H and O–H groups in total. The number of rotatable bonds is 10. The van der Waals surface area contributed by atoms with Crippen LogP contribution in [0.2, 0.25) is 0 Å². The summed E-state index contributed by atoms with van der Waals surface area (Å²) in [6.45, 7) is 19.3. The van der Waals surface area contributed by atoms with Crippen LogP contribution in [0.1, 0.15) is 81.1 Å². The third-order valence-corrected chi connectivity index (χ3v) is 11.1. The Balaban J connectivity index is 1.52. The van der Waals surface area contributed by atoms with Gasteiger partial charge in [-0.05, 0) is 68.6 Å². The first-order chi connectivity index (χ1) is 18.6. The van der Waals surface area contributed by atoms with E-state index >= 15 is 0 Å². The number of ether oxygens (including phenoxy) is 1. The Hall–Kier alpha value is -2.18. The lowest BCUT2D eigenvalue weighted by atomic mass is 9.85. The van der Waals surface area contributed by atoms with Crippen LogP contribution < -0.4 is 15.4 Å². The van der Waals surface area contributed by atoms with E-state index in [9.17, 15) is 27.9 Å². The third-order valence-electron chi connectivity index (χ3n) is 9.19. The van der Waals surface area contributed by atoms with E-state index in [1.165, 1.54) is 0 Å². The van der Waals surface area contributed by atoms with Gasteiger partial charge >= 0.3 is 6.09 Å². The van der Waals surface area contributed by atoms with E-state index < -0.39 is 62.1 Å². The molecule has 1 aliphatic heterocycles. The molecule has 0 radical (unpaired) electrons. The molecule has 7 atom stereocenters. The molecule has 4 rings (SSSR count). The second-order valence-electron chi connectivity index (χ2n) is 15.1. The number of amides is 3. The molecule has 11 nitrogen and oxygen atoms in total. The fourth-order valence-corrected chi connectivity index (χ4v) is 7.88. The normalized spacial score (nSPS) is 31.9. The van der Waals surface area contributed by atoms with Crippen molar-refractivity contribution in [3.05, 3.63) is 12.7 Å². The second kappa shape index (κ2) is 10.2. The van der Waals surface area contributed by atoms with E-state index in [1.54, 1.807) is 31.7 Å². The van der Waals surface area contributed by atoms with Crippen LogP contribution in [0.15, 0.2) is 12.7 Å². The van der Waals surface area contributed by atoms with Crippen molar-refractivity contribution in [3.63, 3.8) is 0 Å². The van der Waals surface area contributed by atoms with Crippen LogP contribution in [-0.4, -0.2) is 77.6 Å². The van der Waals surface area contributed by atoms with Gasteiger partial charge in [-0.15, -0.1) is 6.58 Å². The molecule has 4 fully saturated rings. The molecule has 1 saturated heterocycles. The third kappa shape index (κ3) is 6.59. The van der Waals surface area contributed by atoms with Gasteiger partial charge in [0, 0.05) is 18.5 Å². The zero-order valence-electron chi connectivity index (χ0n) is 25.6. The monoisotopic (exact) mass is 596 g/mol. The van der Waals surface area contributed by atoms with E-state index in [0.717, 1.165) is 0 Å². The average molecular weight is 597 g/mol. The maximum Gasteiger partial charge on any atom is 0.408 e. The van der Waals surface area contributed by atoms with E-state index in [0.29, 0.717) is 25.8 Å². The molecule has 0 aromatic rings. The number of carbonyl (C=O) groups excluding carboxylic acids is 3. The van der Waals surface area contributed by atoms with Gasteiger partial charge in [-0.3, -0.25) is 19.6 Å². The number of aliphatic hydroxyl groups excluding tert-OH is 1. The van der Waals surface area contributed by atoms with E-state index in [4.69, 9.17) is 4.74 Å². The number of likely N-dealkylation sites (tertiary alicyclic amines) is 1. The van der Waals surface area contributed by atoms with E-state index in [-0.39, 0.29) is 35.5 Å². The zero-order valence-corrected chi connectivity index (χ0v) is 26.4. The van der Waals surface area contributed by atoms with Gasteiger partial charge in [0.15, 0.2) is 0 Å². The number of hydrogen-bond donors (Lipinski definition) is 4. The first-order valence-corrected chi connectivity index (χ1v) is 16.1. The number of piperidine rings is 1. The summed E-state index contributed by atoms with van der Waals surface area (Å²) in [5.74, 6) is -0.892. The summed E-state index contributed by atoms with van der Waals surface area (Å²) < 4.78 is 32.3. The van der Waals surface area contributed by atoms with Crippen LogP contribution in [0.4, 0.5) is 4.79 Å². The molecule has 12 heteroatoms. The van der Waals surface area contributed by atoms with Crippen LogP contribution >= 0.6 is 0 Å². The van der Waals surface area contributed by atoms with Gasteiger partial charge in [0.25, 0.3) is 0 Å².